The minimum atomic E-state index is -4.52. The highest BCUT2D eigenvalue weighted by molar-refractivity contribution is 6.00. The number of hydrogen-bond donors (Lipinski definition) is 0. The molecule has 0 spiro atoms. The summed E-state index contributed by atoms with van der Waals surface area (Å²) < 4.78 is 47.6. The van der Waals surface area contributed by atoms with Crippen molar-refractivity contribution in [2.24, 2.45) is 4.99 Å². The summed E-state index contributed by atoms with van der Waals surface area (Å²) in [5.41, 5.74) is -1.12. The number of alkyl halides is 3. The number of nitrogens with zero attached hydrogens (tertiary/aromatic N) is 1. The molecule has 0 radical (unpaired) electrons. The number of allylic oxidation sites excluding steroid dienone is 1. The van der Waals surface area contributed by atoms with Crippen molar-refractivity contribution in [1.29, 1.82) is 0 Å². The minimum absolute atomic E-state index is 0.0282. The van der Waals surface area contributed by atoms with Crippen LogP contribution in [0.25, 0.3) is 0 Å². The van der Waals surface area contributed by atoms with E-state index in [1.165, 1.54) is 0 Å². The fourth-order valence-electron chi connectivity index (χ4n) is 0.721. The SMILES string of the molecule is FC1=CC(C(F)(F)F)=NCC1. The average Bonchev–Trinajstić information content (AvgIpc) is 1.86. The Labute approximate surface area is 60.4 Å². The van der Waals surface area contributed by atoms with Crippen LogP contribution in [-0.4, -0.2) is 18.4 Å². The first-order chi connectivity index (χ1) is 5.00. The molecule has 0 atom stereocenters. The Bertz CT molecular complexity index is 213. The van der Waals surface area contributed by atoms with Gasteiger partial charge in [0, 0.05) is 13.0 Å². The molecule has 5 heteroatoms. The second kappa shape index (κ2) is 2.64. The summed E-state index contributed by atoms with van der Waals surface area (Å²) in [4.78, 5) is 3.13. The van der Waals surface area contributed by atoms with Crippen LogP contribution in [0.1, 0.15) is 6.42 Å². The monoisotopic (exact) mass is 167 g/mol. The molecule has 0 aromatic carbocycles. The Balaban J connectivity index is 2.82. The molecule has 0 aromatic heterocycles. The topological polar surface area (TPSA) is 12.4 Å². The van der Waals surface area contributed by atoms with Gasteiger partial charge in [0.05, 0.1) is 0 Å². The van der Waals surface area contributed by atoms with Crippen molar-refractivity contribution in [1.82, 2.24) is 0 Å². The van der Waals surface area contributed by atoms with E-state index in [2.05, 4.69) is 4.99 Å². The van der Waals surface area contributed by atoms with Crippen molar-refractivity contribution in [2.45, 2.75) is 12.6 Å². The summed E-state index contributed by atoms with van der Waals surface area (Å²) in [6.45, 7) is -0.114. The van der Waals surface area contributed by atoms with E-state index in [0.717, 1.165) is 0 Å². The van der Waals surface area contributed by atoms with E-state index in [1.807, 2.05) is 0 Å². The Morgan fingerprint density at radius 1 is 1.36 bits per heavy atom. The largest absolute Gasteiger partial charge is 0.432 e. The molecule has 0 saturated carbocycles. The minimum Gasteiger partial charge on any atom is -0.280 e. The lowest BCUT2D eigenvalue weighted by Gasteiger charge is -2.10. The van der Waals surface area contributed by atoms with E-state index in [1.54, 1.807) is 0 Å². The Kier molecular flexibility index (Phi) is 1.97. The van der Waals surface area contributed by atoms with Gasteiger partial charge in [-0.3, -0.25) is 4.99 Å². The van der Waals surface area contributed by atoms with Gasteiger partial charge in [-0.1, -0.05) is 0 Å². The number of rotatable bonds is 0. The fraction of sp³-hybridized carbons (Fsp3) is 0.500. The maximum Gasteiger partial charge on any atom is 0.432 e. The van der Waals surface area contributed by atoms with Crippen LogP contribution in [0.4, 0.5) is 17.6 Å². The van der Waals surface area contributed by atoms with Gasteiger partial charge < -0.3 is 0 Å². The molecule has 1 aliphatic heterocycles. The molecule has 0 unspecified atom stereocenters. The fourth-order valence-corrected chi connectivity index (χ4v) is 0.721. The Morgan fingerprint density at radius 2 is 2.00 bits per heavy atom. The number of halogens is 4. The molecular weight excluding hydrogens is 162 g/mol. The average molecular weight is 167 g/mol. The van der Waals surface area contributed by atoms with Crippen LogP contribution in [0.15, 0.2) is 16.9 Å². The van der Waals surface area contributed by atoms with Gasteiger partial charge >= 0.3 is 6.18 Å². The first-order valence-corrected chi connectivity index (χ1v) is 2.98. The molecule has 62 valence electrons. The number of hydrogen-bond acceptors (Lipinski definition) is 1. The van der Waals surface area contributed by atoms with Crippen molar-refractivity contribution in [3.8, 4) is 0 Å². The third-order valence-electron chi connectivity index (χ3n) is 1.22. The number of aliphatic imine (C=N–C) groups is 1. The summed E-state index contributed by atoms with van der Waals surface area (Å²) in [6, 6.07) is 0. The maximum atomic E-state index is 12.2. The molecule has 1 heterocycles. The highest BCUT2D eigenvalue weighted by atomic mass is 19.4. The van der Waals surface area contributed by atoms with Gasteiger partial charge in [0.15, 0.2) is 0 Å². The smallest absolute Gasteiger partial charge is 0.280 e. The van der Waals surface area contributed by atoms with Gasteiger partial charge in [0.25, 0.3) is 0 Å². The highest BCUT2D eigenvalue weighted by Gasteiger charge is 2.35. The van der Waals surface area contributed by atoms with Gasteiger partial charge in [0.2, 0.25) is 0 Å². The van der Waals surface area contributed by atoms with E-state index < -0.39 is 17.7 Å². The molecule has 0 bridgehead atoms. The zero-order valence-corrected chi connectivity index (χ0v) is 5.45. The quantitative estimate of drug-likeness (QED) is 0.490. The van der Waals surface area contributed by atoms with E-state index >= 15 is 0 Å². The van der Waals surface area contributed by atoms with E-state index in [0.29, 0.717) is 6.08 Å². The Morgan fingerprint density at radius 3 is 2.36 bits per heavy atom. The molecule has 11 heavy (non-hydrogen) atoms. The summed E-state index contributed by atoms with van der Waals surface area (Å²) in [5, 5.41) is 0. The summed E-state index contributed by atoms with van der Waals surface area (Å²) in [6.07, 6.45) is -4.11. The van der Waals surface area contributed by atoms with Crippen molar-refractivity contribution >= 4 is 5.71 Å². The third kappa shape index (κ3) is 2.03. The van der Waals surface area contributed by atoms with Crippen LogP contribution in [0.3, 0.4) is 0 Å². The predicted octanol–water partition coefficient (Wildman–Crippen LogP) is 2.25. The zero-order chi connectivity index (χ0) is 8.48. The zero-order valence-electron chi connectivity index (χ0n) is 5.45. The van der Waals surface area contributed by atoms with Gasteiger partial charge in [-0.05, 0) is 6.08 Å². The van der Waals surface area contributed by atoms with Gasteiger partial charge in [0.1, 0.15) is 11.5 Å². The van der Waals surface area contributed by atoms with Gasteiger partial charge in [-0.25, -0.2) is 4.39 Å². The predicted molar refractivity (Wildman–Crippen MR) is 32.2 cm³/mol. The maximum absolute atomic E-state index is 12.2. The van der Waals surface area contributed by atoms with Crippen LogP contribution in [0.5, 0.6) is 0 Å². The van der Waals surface area contributed by atoms with Gasteiger partial charge in [-0.15, -0.1) is 0 Å². The highest BCUT2D eigenvalue weighted by Crippen LogP contribution is 2.22. The van der Waals surface area contributed by atoms with E-state index in [-0.39, 0.29) is 13.0 Å². The van der Waals surface area contributed by atoms with E-state index in [4.69, 9.17) is 0 Å². The standard InChI is InChI=1S/C6H5F4N/c7-4-1-2-11-5(3-4)6(8,9)10/h3H,1-2H2. The first kappa shape index (κ1) is 8.23. The number of dihydropyridines is 1. The molecular formula is C6H5F4N. The molecule has 0 N–H and O–H groups in total. The second-order valence-electron chi connectivity index (χ2n) is 2.11. The van der Waals surface area contributed by atoms with Crippen molar-refractivity contribution in [2.75, 3.05) is 6.54 Å². The van der Waals surface area contributed by atoms with Gasteiger partial charge in [-0.2, -0.15) is 13.2 Å². The molecule has 1 rings (SSSR count). The Hall–Kier alpha value is -0.870. The van der Waals surface area contributed by atoms with E-state index in [9.17, 15) is 17.6 Å². The van der Waals surface area contributed by atoms with Crippen LogP contribution >= 0.6 is 0 Å². The molecule has 0 aromatic rings. The van der Waals surface area contributed by atoms with Crippen LogP contribution in [0.2, 0.25) is 0 Å². The lowest BCUT2D eigenvalue weighted by atomic mass is 10.2. The molecule has 1 nitrogen and oxygen atoms in total. The lowest BCUT2D eigenvalue weighted by molar-refractivity contribution is -0.0581. The molecule has 0 aliphatic carbocycles. The molecule has 0 fully saturated rings. The van der Waals surface area contributed by atoms with Crippen molar-refractivity contribution < 1.29 is 17.6 Å². The normalized spacial score (nSPS) is 19.3. The van der Waals surface area contributed by atoms with Crippen LogP contribution in [0, 0.1) is 0 Å². The second-order valence-corrected chi connectivity index (χ2v) is 2.11. The molecule has 0 amide bonds. The van der Waals surface area contributed by atoms with Crippen molar-refractivity contribution in [3.63, 3.8) is 0 Å². The summed E-state index contributed by atoms with van der Waals surface area (Å²) in [7, 11) is 0. The molecule has 0 saturated heterocycles. The van der Waals surface area contributed by atoms with Crippen LogP contribution in [-0.2, 0) is 0 Å². The molecule has 1 aliphatic rings. The first-order valence-electron chi connectivity index (χ1n) is 2.98. The third-order valence-corrected chi connectivity index (χ3v) is 1.22. The van der Waals surface area contributed by atoms with Crippen LogP contribution < -0.4 is 0 Å². The summed E-state index contributed by atoms with van der Waals surface area (Å²) >= 11 is 0. The lowest BCUT2D eigenvalue weighted by Crippen LogP contribution is -2.23. The summed E-state index contributed by atoms with van der Waals surface area (Å²) in [5.74, 6) is -0.757. The van der Waals surface area contributed by atoms with Crippen molar-refractivity contribution in [3.05, 3.63) is 11.9 Å².